The zero-order chi connectivity index (χ0) is 22.0. The second-order valence-electron chi connectivity index (χ2n) is 7.75. The van der Waals surface area contributed by atoms with Crippen LogP contribution in [0.15, 0.2) is 45.8 Å². The van der Waals surface area contributed by atoms with E-state index in [4.69, 9.17) is 14.9 Å². The van der Waals surface area contributed by atoms with E-state index in [9.17, 15) is 9.59 Å². The molecule has 2 N–H and O–H groups in total. The molecule has 2 heterocycles. The number of aliphatic imine (C=N–C) groups is 1. The van der Waals surface area contributed by atoms with E-state index in [0.29, 0.717) is 27.6 Å². The van der Waals surface area contributed by atoms with E-state index >= 15 is 0 Å². The number of furan rings is 1. The molecule has 0 unspecified atom stereocenters. The van der Waals surface area contributed by atoms with Gasteiger partial charge in [0.25, 0.3) is 5.91 Å². The maximum Gasteiger partial charge on any atom is 0.338 e. The van der Waals surface area contributed by atoms with Crippen molar-refractivity contribution in [3.63, 3.8) is 0 Å². The standard InChI is InChI=1S/C24H24N2O4S/c1-14(2)29-24(28)16-9-7-15(8-10-16)19-12-11-17(30-19)13-26-23-21(22(25)27)18-5-3-4-6-20(18)31-23/h7-14H,3-6H2,1-2H3,(H2,25,27). The number of carbonyl (C=O) groups is 2. The number of nitrogens with two attached hydrogens (primary N) is 1. The summed E-state index contributed by atoms with van der Waals surface area (Å²) < 4.78 is 11.1. The number of rotatable bonds is 6. The van der Waals surface area contributed by atoms with E-state index in [0.717, 1.165) is 36.8 Å². The molecule has 7 heteroatoms. The van der Waals surface area contributed by atoms with Gasteiger partial charge in [0.05, 0.1) is 23.4 Å². The average Bonchev–Trinajstić information content (AvgIpc) is 3.36. The van der Waals surface area contributed by atoms with Gasteiger partial charge in [-0.3, -0.25) is 4.79 Å². The maximum absolute atomic E-state index is 12.0. The molecule has 1 amide bonds. The van der Waals surface area contributed by atoms with Crippen LogP contribution in [0.3, 0.4) is 0 Å². The molecule has 1 aromatic carbocycles. The van der Waals surface area contributed by atoms with Gasteiger partial charge < -0.3 is 14.9 Å². The number of nitrogens with zero attached hydrogens (tertiary/aromatic N) is 1. The van der Waals surface area contributed by atoms with Crippen LogP contribution in [0.5, 0.6) is 0 Å². The Morgan fingerprint density at radius 3 is 2.58 bits per heavy atom. The molecule has 0 saturated carbocycles. The van der Waals surface area contributed by atoms with Crippen LogP contribution in [0.1, 0.15) is 63.6 Å². The first kappa shape index (κ1) is 21.1. The van der Waals surface area contributed by atoms with Crippen LogP contribution in [0.4, 0.5) is 5.00 Å². The lowest BCUT2D eigenvalue weighted by Crippen LogP contribution is -2.14. The first-order chi connectivity index (χ1) is 14.9. The maximum atomic E-state index is 12.0. The van der Waals surface area contributed by atoms with Crippen molar-refractivity contribution in [1.29, 1.82) is 0 Å². The van der Waals surface area contributed by atoms with Gasteiger partial charge >= 0.3 is 5.97 Å². The fourth-order valence-corrected chi connectivity index (χ4v) is 4.89. The van der Waals surface area contributed by atoms with Crippen molar-refractivity contribution in [1.82, 2.24) is 0 Å². The first-order valence-corrected chi connectivity index (χ1v) is 11.1. The summed E-state index contributed by atoms with van der Waals surface area (Å²) >= 11 is 1.54. The molecule has 160 valence electrons. The molecule has 0 radical (unpaired) electrons. The number of fused-ring (bicyclic) bond motifs is 1. The topological polar surface area (TPSA) is 94.9 Å². The molecule has 0 atom stereocenters. The van der Waals surface area contributed by atoms with Crippen molar-refractivity contribution in [2.24, 2.45) is 10.7 Å². The molecule has 0 spiro atoms. The molecular formula is C24H24N2O4S. The van der Waals surface area contributed by atoms with Crippen LogP contribution < -0.4 is 5.73 Å². The molecule has 2 aromatic heterocycles. The fourth-order valence-electron chi connectivity index (χ4n) is 3.65. The summed E-state index contributed by atoms with van der Waals surface area (Å²) in [6, 6.07) is 10.7. The van der Waals surface area contributed by atoms with Crippen molar-refractivity contribution in [2.45, 2.75) is 45.6 Å². The van der Waals surface area contributed by atoms with Crippen LogP contribution in [-0.2, 0) is 17.6 Å². The van der Waals surface area contributed by atoms with Crippen molar-refractivity contribution in [3.8, 4) is 11.3 Å². The van der Waals surface area contributed by atoms with Gasteiger partial charge in [-0.1, -0.05) is 12.1 Å². The third-order valence-electron chi connectivity index (χ3n) is 5.08. The number of carbonyl (C=O) groups excluding carboxylic acids is 2. The normalized spacial score (nSPS) is 13.5. The van der Waals surface area contributed by atoms with Gasteiger partial charge in [0.2, 0.25) is 0 Å². The lowest BCUT2D eigenvalue weighted by molar-refractivity contribution is 0.0378. The molecule has 0 saturated heterocycles. The van der Waals surface area contributed by atoms with Crippen LogP contribution in [-0.4, -0.2) is 24.2 Å². The van der Waals surface area contributed by atoms with E-state index in [1.165, 1.54) is 16.2 Å². The number of hydrogen-bond donors (Lipinski definition) is 1. The molecule has 0 aliphatic heterocycles. The van der Waals surface area contributed by atoms with Crippen molar-refractivity contribution >= 4 is 34.4 Å². The van der Waals surface area contributed by atoms with Crippen molar-refractivity contribution < 1.29 is 18.7 Å². The van der Waals surface area contributed by atoms with Gasteiger partial charge in [-0.15, -0.1) is 11.3 Å². The monoisotopic (exact) mass is 436 g/mol. The molecule has 6 nitrogen and oxygen atoms in total. The first-order valence-electron chi connectivity index (χ1n) is 10.3. The van der Waals surface area contributed by atoms with Crippen LogP contribution >= 0.6 is 11.3 Å². The number of primary amides is 1. The van der Waals surface area contributed by atoms with Gasteiger partial charge in [0, 0.05) is 10.4 Å². The van der Waals surface area contributed by atoms with E-state index in [1.807, 2.05) is 38.1 Å². The van der Waals surface area contributed by atoms with E-state index in [2.05, 4.69) is 4.99 Å². The number of esters is 1. The number of amides is 1. The summed E-state index contributed by atoms with van der Waals surface area (Å²) in [5.41, 5.74) is 8.57. The Labute approximate surface area is 184 Å². The van der Waals surface area contributed by atoms with Crippen LogP contribution in [0, 0.1) is 0 Å². The Morgan fingerprint density at radius 1 is 1.13 bits per heavy atom. The van der Waals surface area contributed by atoms with Gasteiger partial charge in [-0.05, 0) is 69.4 Å². The highest BCUT2D eigenvalue weighted by Crippen LogP contribution is 2.39. The predicted molar refractivity (Wildman–Crippen MR) is 121 cm³/mol. The quantitative estimate of drug-likeness (QED) is 0.419. The smallest absolute Gasteiger partial charge is 0.338 e. The highest BCUT2D eigenvalue weighted by molar-refractivity contribution is 7.16. The summed E-state index contributed by atoms with van der Waals surface area (Å²) in [5.74, 6) is 0.450. The molecule has 31 heavy (non-hydrogen) atoms. The van der Waals surface area contributed by atoms with Crippen LogP contribution in [0.25, 0.3) is 11.3 Å². The minimum atomic E-state index is -0.428. The van der Waals surface area contributed by atoms with Crippen molar-refractivity contribution in [3.05, 3.63) is 63.7 Å². The fraction of sp³-hybridized carbons (Fsp3) is 0.292. The zero-order valence-corrected chi connectivity index (χ0v) is 18.3. The lowest BCUT2D eigenvalue weighted by Gasteiger charge is -2.10. The largest absolute Gasteiger partial charge is 0.459 e. The summed E-state index contributed by atoms with van der Waals surface area (Å²) in [6.45, 7) is 3.63. The third-order valence-corrected chi connectivity index (χ3v) is 6.28. The highest BCUT2D eigenvalue weighted by atomic mass is 32.1. The van der Waals surface area contributed by atoms with Gasteiger partial charge in [-0.25, -0.2) is 9.79 Å². The van der Waals surface area contributed by atoms with E-state index < -0.39 is 5.91 Å². The Morgan fingerprint density at radius 2 is 1.87 bits per heavy atom. The Bertz CT molecular complexity index is 1140. The number of benzene rings is 1. The van der Waals surface area contributed by atoms with E-state index in [-0.39, 0.29) is 12.1 Å². The summed E-state index contributed by atoms with van der Waals surface area (Å²) in [6.07, 6.45) is 5.50. The molecule has 0 fully saturated rings. The third kappa shape index (κ3) is 4.61. The van der Waals surface area contributed by atoms with Crippen molar-refractivity contribution in [2.75, 3.05) is 0 Å². The number of hydrogen-bond acceptors (Lipinski definition) is 6. The van der Waals surface area contributed by atoms with Gasteiger partial charge in [0.1, 0.15) is 16.5 Å². The molecule has 0 bridgehead atoms. The van der Waals surface area contributed by atoms with Gasteiger partial charge in [0.15, 0.2) is 0 Å². The predicted octanol–water partition coefficient (Wildman–Crippen LogP) is 5.30. The SMILES string of the molecule is CC(C)OC(=O)c1ccc(-c2ccc(C=Nc3sc4c(c3C(N)=O)CCCC4)o2)cc1. The summed E-state index contributed by atoms with van der Waals surface area (Å²) in [4.78, 5) is 29.7. The average molecular weight is 437 g/mol. The number of thiophene rings is 1. The molecular weight excluding hydrogens is 412 g/mol. The zero-order valence-electron chi connectivity index (χ0n) is 17.5. The molecule has 3 aromatic rings. The molecule has 1 aliphatic rings. The Kier molecular flexibility index (Phi) is 6.04. The lowest BCUT2D eigenvalue weighted by atomic mass is 9.95. The Hall–Kier alpha value is -3.19. The minimum absolute atomic E-state index is 0.164. The molecule has 4 rings (SSSR count). The van der Waals surface area contributed by atoms with E-state index in [1.54, 1.807) is 18.3 Å². The Balaban J connectivity index is 1.52. The second kappa shape index (κ2) is 8.89. The number of ether oxygens (including phenoxy) is 1. The summed E-state index contributed by atoms with van der Waals surface area (Å²) in [5, 5.41) is 0.644. The van der Waals surface area contributed by atoms with Crippen LogP contribution in [0.2, 0.25) is 0 Å². The molecule has 1 aliphatic carbocycles. The second-order valence-corrected chi connectivity index (χ2v) is 8.83. The highest BCUT2D eigenvalue weighted by Gasteiger charge is 2.23. The number of aryl methyl sites for hydroxylation is 1. The summed E-state index contributed by atoms with van der Waals surface area (Å²) in [7, 11) is 0. The van der Waals surface area contributed by atoms with Gasteiger partial charge in [-0.2, -0.15) is 0 Å². The minimum Gasteiger partial charge on any atom is -0.459 e.